The summed E-state index contributed by atoms with van der Waals surface area (Å²) in [7, 11) is 0. The molecule has 0 bridgehead atoms. The molecule has 2 aromatic rings. The topological polar surface area (TPSA) is 17.1 Å². The number of rotatable bonds is 3. The Morgan fingerprint density at radius 2 is 1.71 bits per heavy atom. The molecule has 0 aliphatic heterocycles. The molecule has 0 atom stereocenters. The van der Waals surface area contributed by atoms with Gasteiger partial charge in [-0.2, -0.15) is 13.2 Å². The highest BCUT2D eigenvalue weighted by Crippen LogP contribution is 2.30. The van der Waals surface area contributed by atoms with Crippen LogP contribution in [-0.2, 0) is 6.18 Å². The second-order valence-electron chi connectivity index (χ2n) is 4.35. The zero-order chi connectivity index (χ0) is 15.5. The van der Waals surface area contributed by atoms with Gasteiger partial charge in [0, 0.05) is 10.6 Å². The lowest BCUT2D eigenvalue weighted by atomic mass is 10.1. The first kappa shape index (κ1) is 15.3. The molecule has 108 valence electrons. The normalized spacial score (nSPS) is 11.8. The highest BCUT2D eigenvalue weighted by Gasteiger charge is 2.30. The summed E-state index contributed by atoms with van der Waals surface area (Å²) in [5, 5.41) is 0.424. The van der Waals surface area contributed by atoms with E-state index in [0.29, 0.717) is 28.0 Å². The molecule has 0 N–H and O–H groups in total. The molecule has 0 fully saturated rings. The van der Waals surface area contributed by atoms with E-state index in [-0.39, 0.29) is 0 Å². The van der Waals surface area contributed by atoms with E-state index in [2.05, 4.69) is 0 Å². The van der Waals surface area contributed by atoms with E-state index in [0.717, 1.165) is 12.1 Å². The van der Waals surface area contributed by atoms with E-state index in [4.69, 9.17) is 11.6 Å². The fourth-order valence-electron chi connectivity index (χ4n) is 1.80. The largest absolute Gasteiger partial charge is 0.416 e. The Morgan fingerprint density at radius 1 is 0.952 bits per heavy atom. The predicted octanol–water partition coefficient (Wildman–Crippen LogP) is 5.34. The smallest absolute Gasteiger partial charge is 0.298 e. The predicted molar refractivity (Wildman–Crippen MR) is 77.2 cm³/mol. The summed E-state index contributed by atoms with van der Waals surface area (Å²) in [5.74, 6) is 0. The molecule has 0 radical (unpaired) electrons. The average Bonchev–Trinajstić information content (AvgIpc) is 2.45. The van der Waals surface area contributed by atoms with Crippen LogP contribution < -0.4 is 0 Å². The Labute approximate surface area is 124 Å². The van der Waals surface area contributed by atoms with Crippen LogP contribution in [0.5, 0.6) is 0 Å². The maximum Gasteiger partial charge on any atom is 0.416 e. The first-order valence-electron chi connectivity index (χ1n) is 6.00. The third kappa shape index (κ3) is 3.95. The molecular formula is C16H10ClF3O. The van der Waals surface area contributed by atoms with Crippen LogP contribution in [0.3, 0.4) is 0 Å². The number of halogens is 4. The molecule has 0 unspecified atom stereocenters. The van der Waals surface area contributed by atoms with Crippen LogP contribution in [0, 0.1) is 0 Å². The lowest BCUT2D eigenvalue weighted by molar-refractivity contribution is -0.137. The number of carbonyl (C=O) groups is 1. The fraction of sp³-hybridized carbons (Fsp3) is 0.0625. The number of carbonyl (C=O) groups excluding carboxylic acids is 1. The van der Waals surface area contributed by atoms with Gasteiger partial charge in [-0.05, 0) is 35.4 Å². The van der Waals surface area contributed by atoms with Crippen LogP contribution in [0.15, 0.2) is 42.5 Å². The molecule has 2 rings (SSSR count). The molecule has 21 heavy (non-hydrogen) atoms. The molecular weight excluding hydrogens is 301 g/mol. The summed E-state index contributed by atoms with van der Waals surface area (Å²) in [4.78, 5) is 10.9. The fourth-order valence-corrected chi connectivity index (χ4v) is 1.98. The van der Waals surface area contributed by atoms with E-state index in [1.165, 1.54) is 18.2 Å². The lowest BCUT2D eigenvalue weighted by Gasteiger charge is -2.06. The van der Waals surface area contributed by atoms with Gasteiger partial charge in [0.1, 0.15) is 0 Å². The summed E-state index contributed by atoms with van der Waals surface area (Å²) >= 11 is 5.78. The van der Waals surface area contributed by atoms with Crippen molar-refractivity contribution in [1.82, 2.24) is 0 Å². The van der Waals surface area contributed by atoms with Crippen LogP contribution >= 0.6 is 11.6 Å². The standard InChI is InChI=1S/C16H10ClF3O/c17-15-7-6-12(13(9-15)10-21)5-4-11-2-1-3-14(8-11)16(18,19)20/h1-10H/b5-4+. The number of benzene rings is 2. The maximum atomic E-state index is 12.6. The Morgan fingerprint density at radius 3 is 2.38 bits per heavy atom. The van der Waals surface area contributed by atoms with Crippen LogP contribution in [-0.4, -0.2) is 6.29 Å². The molecule has 2 aromatic carbocycles. The zero-order valence-corrected chi connectivity index (χ0v) is 11.4. The van der Waals surface area contributed by atoms with Crippen molar-refractivity contribution in [1.29, 1.82) is 0 Å². The van der Waals surface area contributed by atoms with Gasteiger partial charge in [-0.1, -0.05) is 42.0 Å². The molecule has 0 aliphatic rings. The highest BCUT2D eigenvalue weighted by atomic mass is 35.5. The van der Waals surface area contributed by atoms with E-state index in [1.54, 1.807) is 24.3 Å². The highest BCUT2D eigenvalue weighted by molar-refractivity contribution is 6.30. The summed E-state index contributed by atoms with van der Waals surface area (Å²) in [5.41, 5.74) is 0.658. The van der Waals surface area contributed by atoms with Crippen LogP contribution in [0.2, 0.25) is 5.02 Å². The Bertz CT molecular complexity index is 690. The number of hydrogen-bond donors (Lipinski definition) is 0. The zero-order valence-electron chi connectivity index (χ0n) is 10.7. The van der Waals surface area contributed by atoms with Crippen molar-refractivity contribution in [2.45, 2.75) is 6.18 Å². The van der Waals surface area contributed by atoms with E-state index in [1.807, 2.05) is 0 Å². The molecule has 0 saturated carbocycles. The van der Waals surface area contributed by atoms with E-state index >= 15 is 0 Å². The molecule has 0 spiro atoms. The first-order chi connectivity index (χ1) is 9.90. The van der Waals surface area contributed by atoms with Gasteiger partial charge in [0.15, 0.2) is 6.29 Å². The molecule has 0 amide bonds. The molecule has 0 aromatic heterocycles. The molecule has 0 saturated heterocycles. The summed E-state index contributed by atoms with van der Waals surface area (Å²) in [6.07, 6.45) is -0.628. The molecule has 5 heteroatoms. The summed E-state index contributed by atoms with van der Waals surface area (Å²) < 4.78 is 37.8. The average molecular weight is 311 g/mol. The van der Waals surface area contributed by atoms with Gasteiger partial charge in [-0.15, -0.1) is 0 Å². The molecule has 1 nitrogen and oxygen atoms in total. The maximum absolute atomic E-state index is 12.6. The van der Waals surface area contributed by atoms with Crippen molar-refractivity contribution < 1.29 is 18.0 Å². The number of hydrogen-bond acceptors (Lipinski definition) is 1. The van der Waals surface area contributed by atoms with Crippen molar-refractivity contribution in [2.24, 2.45) is 0 Å². The summed E-state index contributed by atoms with van der Waals surface area (Å²) in [6, 6.07) is 9.70. The van der Waals surface area contributed by atoms with E-state index < -0.39 is 11.7 Å². The molecule has 0 heterocycles. The second kappa shape index (κ2) is 6.14. The van der Waals surface area contributed by atoms with Crippen molar-refractivity contribution >= 4 is 30.0 Å². The van der Waals surface area contributed by atoms with E-state index in [9.17, 15) is 18.0 Å². The van der Waals surface area contributed by atoms with Crippen molar-refractivity contribution in [2.75, 3.05) is 0 Å². The van der Waals surface area contributed by atoms with Crippen LogP contribution in [0.1, 0.15) is 27.0 Å². The second-order valence-corrected chi connectivity index (χ2v) is 4.78. The van der Waals surface area contributed by atoms with Gasteiger partial charge in [0.05, 0.1) is 5.56 Å². The third-order valence-electron chi connectivity index (χ3n) is 2.85. The van der Waals surface area contributed by atoms with Gasteiger partial charge < -0.3 is 0 Å². The van der Waals surface area contributed by atoms with Gasteiger partial charge in [0.25, 0.3) is 0 Å². The van der Waals surface area contributed by atoms with Gasteiger partial charge in [-0.3, -0.25) is 4.79 Å². The Balaban J connectivity index is 2.32. The number of aldehydes is 1. The minimum Gasteiger partial charge on any atom is -0.298 e. The van der Waals surface area contributed by atoms with Crippen molar-refractivity contribution in [3.8, 4) is 0 Å². The Kier molecular flexibility index (Phi) is 4.48. The quantitative estimate of drug-likeness (QED) is 0.552. The minimum absolute atomic E-state index is 0.380. The van der Waals surface area contributed by atoms with Crippen molar-refractivity contribution in [3.05, 3.63) is 69.7 Å². The van der Waals surface area contributed by atoms with Crippen LogP contribution in [0.25, 0.3) is 12.2 Å². The van der Waals surface area contributed by atoms with Crippen molar-refractivity contribution in [3.63, 3.8) is 0 Å². The monoisotopic (exact) mass is 310 g/mol. The van der Waals surface area contributed by atoms with Gasteiger partial charge >= 0.3 is 6.18 Å². The SMILES string of the molecule is O=Cc1cc(Cl)ccc1/C=C/c1cccc(C(F)(F)F)c1. The third-order valence-corrected chi connectivity index (χ3v) is 3.08. The molecule has 0 aliphatic carbocycles. The first-order valence-corrected chi connectivity index (χ1v) is 6.38. The summed E-state index contributed by atoms with van der Waals surface area (Å²) in [6.45, 7) is 0. The Hall–Kier alpha value is -2.07. The van der Waals surface area contributed by atoms with Crippen LogP contribution in [0.4, 0.5) is 13.2 Å². The minimum atomic E-state index is -4.38. The lowest BCUT2D eigenvalue weighted by Crippen LogP contribution is -2.04. The van der Waals surface area contributed by atoms with Gasteiger partial charge in [0.2, 0.25) is 0 Å². The number of alkyl halides is 3. The van der Waals surface area contributed by atoms with Gasteiger partial charge in [-0.25, -0.2) is 0 Å².